The van der Waals surface area contributed by atoms with Gasteiger partial charge in [-0.25, -0.2) is 4.79 Å². The normalized spacial score (nSPS) is 12.1. The molecule has 0 radical (unpaired) electrons. The fourth-order valence-corrected chi connectivity index (χ4v) is 1.61. The summed E-state index contributed by atoms with van der Waals surface area (Å²) in [6.07, 6.45) is 3.19. The van der Waals surface area contributed by atoms with Gasteiger partial charge in [0.15, 0.2) is 6.10 Å². The average molecular weight is 321 g/mol. The topological polar surface area (TPSA) is 84.9 Å². The Bertz CT molecular complexity index is 524. The lowest BCUT2D eigenvalue weighted by Gasteiger charge is -2.08. The van der Waals surface area contributed by atoms with Gasteiger partial charge >= 0.3 is 5.97 Å². The van der Waals surface area contributed by atoms with E-state index in [4.69, 9.17) is 14.6 Å². The largest absolute Gasteiger partial charge is 0.494 e. The molecular formula is C17H23NO5. The second kappa shape index (κ2) is 10.4. The van der Waals surface area contributed by atoms with E-state index in [0.717, 1.165) is 17.7 Å². The van der Waals surface area contributed by atoms with E-state index in [9.17, 15) is 9.59 Å². The molecule has 1 amide bonds. The number of rotatable bonds is 10. The molecule has 0 fully saturated rings. The fourth-order valence-electron chi connectivity index (χ4n) is 1.61. The first-order valence-corrected chi connectivity index (χ1v) is 7.56. The molecule has 0 saturated carbocycles. The molecule has 23 heavy (non-hydrogen) atoms. The summed E-state index contributed by atoms with van der Waals surface area (Å²) in [6, 6.07) is 7.45. The molecule has 6 heteroatoms. The van der Waals surface area contributed by atoms with Crippen molar-refractivity contribution in [3.05, 3.63) is 35.9 Å². The second-order valence-electron chi connectivity index (χ2n) is 4.89. The highest BCUT2D eigenvalue weighted by molar-refractivity contribution is 5.91. The number of carboxylic acid groups (broad SMARTS) is 1. The maximum absolute atomic E-state index is 11.6. The highest BCUT2D eigenvalue weighted by Gasteiger charge is 2.09. The van der Waals surface area contributed by atoms with Gasteiger partial charge in [0.05, 0.1) is 13.2 Å². The van der Waals surface area contributed by atoms with Crippen molar-refractivity contribution in [3.63, 3.8) is 0 Å². The van der Waals surface area contributed by atoms with Crippen LogP contribution in [0.3, 0.4) is 0 Å². The SMILES string of the molecule is CCCOc1ccc(/C=C/C(=O)NCCOC(C)C(=O)O)cc1. The molecule has 0 bridgehead atoms. The summed E-state index contributed by atoms with van der Waals surface area (Å²) in [6.45, 7) is 4.57. The van der Waals surface area contributed by atoms with Crippen LogP contribution in [0.5, 0.6) is 5.75 Å². The monoisotopic (exact) mass is 321 g/mol. The third-order valence-electron chi connectivity index (χ3n) is 2.90. The Kier molecular flexibility index (Phi) is 8.46. The van der Waals surface area contributed by atoms with Crippen molar-refractivity contribution in [2.75, 3.05) is 19.8 Å². The van der Waals surface area contributed by atoms with Crippen molar-refractivity contribution >= 4 is 18.0 Å². The van der Waals surface area contributed by atoms with Crippen molar-refractivity contribution in [1.82, 2.24) is 5.32 Å². The molecule has 1 atom stereocenters. The lowest BCUT2D eigenvalue weighted by Crippen LogP contribution is -2.29. The quantitative estimate of drug-likeness (QED) is 0.509. The predicted octanol–water partition coefficient (Wildman–Crippen LogP) is 2.09. The molecule has 6 nitrogen and oxygen atoms in total. The van der Waals surface area contributed by atoms with Crippen molar-refractivity contribution in [1.29, 1.82) is 0 Å². The van der Waals surface area contributed by atoms with Crippen molar-refractivity contribution in [3.8, 4) is 5.75 Å². The first kappa shape index (κ1) is 18.7. The van der Waals surface area contributed by atoms with E-state index in [1.165, 1.54) is 13.0 Å². The van der Waals surface area contributed by atoms with Gasteiger partial charge in [0, 0.05) is 12.6 Å². The molecule has 1 aromatic carbocycles. The molecule has 2 N–H and O–H groups in total. The van der Waals surface area contributed by atoms with E-state index in [-0.39, 0.29) is 19.1 Å². The third kappa shape index (κ3) is 8.01. The Morgan fingerprint density at radius 2 is 1.96 bits per heavy atom. The van der Waals surface area contributed by atoms with Crippen LogP contribution in [-0.2, 0) is 14.3 Å². The summed E-state index contributed by atoms with van der Waals surface area (Å²) in [5.74, 6) is -0.483. The molecule has 0 spiro atoms. The Balaban J connectivity index is 2.30. The summed E-state index contributed by atoms with van der Waals surface area (Å²) >= 11 is 0. The van der Waals surface area contributed by atoms with Gasteiger partial charge < -0.3 is 19.9 Å². The van der Waals surface area contributed by atoms with Crippen molar-refractivity contribution < 1.29 is 24.2 Å². The van der Waals surface area contributed by atoms with Crippen LogP contribution in [0.1, 0.15) is 25.8 Å². The number of hydrogen-bond donors (Lipinski definition) is 2. The molecule has 126 valence electrons. The van der Waals surface area contributed by atoms with Gasteiger partial charge in [-0.2, -0.15) is 0 Å². The number of benzene rings is 1. The van der Waals surface area contributed by atoms with Gasteiger partial charge in [-0.3, -0.25) is 4.79 Å². The van der Waals surface area contributed by atoms with E-state index in [1.54, 1.807) is 6.08 Å². The number of carbonyl (C=O) groups excluding carboxylic acids is 1. The summed E-state index contributed by atoms with van der Waals surface area (Å²) < 4.78 is 10.5. The van der Waals surface area contributed by atoms with Gasteiger partial charge in [-0.1, -0.05) is 19.1 Å². The molecule has 1 unspecified atom stereocenters. The number of amides is 1. The second-order valence-corrected chi connectivity index (χ2v) is 4.89. The Labute approximate surface area is 136 Å². The predicted molar refractivity (Wildman–Crippen MR) is 87.3 cm³/mol. The van der Waals surface area contributed by atoms with Gasteiger partial charge in [0.25, 0.3) is 0 Å². The molecule has 1 aromatic rings. The minimum atomic E-state index is -1.03. The number of aliphatic carboxylic acids is 1. The fraction of sp³-hybridized carbons (Fsp3) is 0.412. The van der Waals surface area contributed by atoms with Gasteiger partial charge in [-0.15, -0.1) is 0 Å². The maximum Gasteiger partial charge on any atom is 0.332 e. The zero-order chi connectivity index (χ0) is 17.1. The van der Waals surface area contributed by atoms with E-state index < -0.39 is 12.1 Å². The van der Waals surface area contributed by atoms with Gasteiger partial charge in [-0.05, 0) is 37.1 Å². The van der Waals surface area contributed by atoms with Crippen LogP contribution >= 0.6 is 0 Å². The summed E-state index contributed by atoms with van der Waals surface area (Å²) in [5, 5.41) is 11.3. The first-order valence-electron chi connectivity index (χ1n) is 7.56. The van der Waals surface area contributed by atoms with Crippen LogP contribution in [-0.4, -0.2) is 42.8 Å². The first-order chi connectivity index (χ1) is 11.0. The lowest BCUT2D eigenvalue weighted by molar-refractivity contribution is -0.148. The standard InChI is InChI=1S/C17H23NO5/c1-3-11-23-15-7-4-14(5-8-15)6-9-16(19)18-10-12-22-13(2)17(20)21/h4-9,13H,3,10-12H2,1-2H3,(H,18,19)(H,20,21)/b9-6+. The molecule has 0 aromatic heterocycles. The number of carboxylic acids is 1. The van der Waals surface area contributed by atoms with Gasteiger partial charge in [0.1, 0.15) is 5.75 Å². The van der Waals surface area contributed by atoms with Crippen LogP contribution < -0.4 is 10.1 Å². The highest BCUT2D eigenvalue weighted by Crippen LogP contribution is 2.13. The smallest absolute Gasteiger partial charge is 0.332 e. The van der Waals surface area contributed by atoms with Crippen molar-refractivity contribution in [2.24, 2.45) is 0 Å². The molecular weight excluding hydrogens is 298 g/mol. The Morgan fingerprint density at radius 1 is 1.26 bits per heavy atom. The number of hydrogen-bond acceptors (Lipinski definition) is 4. The van der Waals surface area contributed by atoms with Crippen LogP contribution in [0.25, 0.3) is 6.08 Å². The molecule has 0 heterocycles. The van der Waals surface area contributed by atoms with E-state index in [0.29, 0.717) is 6.61 Å². The zero-order valence-electron chi connectivity index (χ0n) is 13.5. The Hall–Kier alpha value is -2.34. The summed E-state index contributed by atoms with van der Waals surface area (Å²) in [5.41, 5.74) is 0.889. The highest BCUT2D eigenvalue weighted by atomic mass is 16.5. The van der Waals surface area contributed by atoms with Crippen LogP contribution in [0.15, 0.2) is 30.3 Å². The lowest BCUT2D eigenvalue weighted by atomic mass is 10.2. The number of nitrogens with one attached hydrogen (secondary N) is 1. The molecule has 0 aliphatic heterocycles. The average Bonchev–Trinajstić information content (AvgIpc) is 2.55. The van der Waals surface area contributed by atoms with E-state index in [2.05, 4.69) is 5.32 Å². The molecule has 0 aliphatic rings. The van der Waals surface area contributed by atoms with E-state index >= 15 is 0 Å². The Morgan fingerprint density at radius 3 is 2.57 bits per heavy atom. The number of carbonyl (C=O) groups is 2. The minimum absolute atomic E-state index is 0.149. The van der Waals surface area contributed by atoms with Crippen LogP contribution in [0.2, 0.25) is 0 Å². The van der Waals surface area contributed by atoms with Gasteiger partial charge in [0.2, 0.25) is 5.91 Å². The minimum Gasteiger partial charge on any atom is -0.494 e. The molecule has 0 aliphatic carbocycles. The van der Waals surface area contributed by atoms with Crippen LogP contribution in [0.4, 0.5) is 0 Å². The molecule has 0 saturated heterocycles. The zero-order valence-corrected chi connectivity index (χ0v) is 13.5. The summed E-state index contributed by atoms with van der Waals surface area (Å²) in [4.78, 5) is 22.1. The molecule has 1 rings (SSSR count). The maximum atomic E-state index is 11.6. The van der Waals surface area contributed by atoms with E-state index in [1.807, 2.05) is 31.2 Å². The number of ether oxygens (including phenoxy) is 2. The van der Waals surface area contributed by atoms with Crippen molar-refractivity contribution in [2.45, 2.75) is 26.4 Å². The summed E-state index contributed by atoms with van der Waals surface area (Å²) in [7, 11) is 0. The van der Waals surface area contributed by atoms with Crippen LogP contribution in [0, 0.1) is 0 Å². The third-order valence-corrected chi connectivity index (χ3v) is 2.90.